The third-order valence-corrected chi connectivity index (χ3v) is 3.41. The summed E-state index contributed by atoms with van der Waals surface area (Å²) in [6, 6.07) is 8.52. The van der Waals surface area contributed by atoms with Crippen LogP contribution in [0.4, 0.5) is 0 Å². The molecule has 0 bridgehead atoms. The second-order valence-corrected chi connectivity index (χ2v) is 5.65. The molecule has 0 atom stereocenters. The second kappa shape index (κ2) is 8.75. The summed E-state index contributed by atoms with van der Waals surface area (Å²) in [5.74, 6) is 0.540. The van der Waals surface area contributed by atoms with Gasteiger partial charge in [0.2, 0.25) is 5.91 Å². The van der Waals surface area contributed by atoms with Crippen LogP contribution < -0.4 is 5.32 Å². The molecule has 0 aliphatic heterocycles. The predicted octanol–water partition coefficient (Wildman–Crippen LogP) is 3.19. The highest BCUT2D eigenvalue weighted by Crippen LogP contribution is 2.08. The monoisotopic (exact) mass is 276 g/mol. The van der Waals surface area contributed by atoms with Crippen LogP contribution in [-0.4, -0.2) is 23.9 Å². The quantitative estimate of drug-likeness (QED) is 0.791. The molecule has 1 aromatic carbocycles. The van der Waals surface area contributed by atoms with E-state index in [-0.39, 0.29) is 5.91 Å². The van der Waals surface area contributed by atoms with Crippen LogP contribution in [0.3, 0.4) is 0 Å². The molecule has 1 rings (SSSR count). The van der Waals surface area contributed by atoms with Crippen molar-refractivity contribution >= 4 is 5.91 Å². The van der Waals surface area contributed by atoms with Crippen molar-refractivity contribution in [3.63, 3.8) is 0 Å². The Kier molecular flexibility index (Phi) is 7.31. The Balaban J connectivity index is 2.44. The van der Waals surface area contributed by atoms with Crippen LogP contribution in [0.1, 0.15) is 45.2 Å². The average molecular weight is 276 g/mol. The highest BCUT2D eigenvalue weighted by atomic mass is 16.1. The van der Waals surface area contributed by atoms with E-state index in [0.29, 0.717) is 18.9 Å². The SMILES string of the molecule is CCN(CC)Cc1ccc(CNC(=O)CC(C)C)cc1. The van der Waals surface area contributed by atoms with Crippen LogP contribution in [0, 0.1) is 5.92 Å². The first-order chi connectivity index (χ1) is 9.55. The molecule has 0 aromatic heterocycles. The summed E-state index contributed by atoms with van der Waals surface area (Å²) in [6.45, 7) is 12.2. The molecule has 1 amide bonds. The first kappa shape index (κ1) is 16.7. The van der Waals surface area contributed by atoms with Gasteiger partial charge in [-0.2, -0.15) is 0 Å². The smallest absolute Gasteiger partial charge is 0.220 e. The maximum atomic E-state index is 11.6. The van der Waals surface area contributed by atoms with Crippen LogP contribution in [0.5, 0.6) is 0 Å². The third-order valence-electron chi connectivity index (χ3n) is 3.41. The lowest BCUT2D eigenvalue weighted by Crippen LogP contribution is -2.24. The highest BCUT2D eigenvalue weighted by Gasteiger charge is 2.05. The van der Waals surface area contributed by atoms with Crippen LogP contribution in [0.15, 0.2) is 24.3 Å². The molecule has 0 aliphatic rings. The van der Waals surface area contributed by atoms with Gasteiger partial charge in [-0.1, -0.05) is 52.0 Å². The fourth-order valence-corrected chi connectivity index (χ4v) is 2.11. The predicted molar refractivity (Wildman–Crippen MR) is 84.4 cm³/mol. The van der Waals surface area contributed by atoms with Gasteiger partial charge >= 0.3 is 0 Å². The lowest BCUT2D eigenvalue weighted by Gasteiger charge is -2.18. The van der Waals surface area contributed by atoms with E-state index >= 15 is 0 Å². The minimum atomic E-state index is 0.132. The fraction of sp³-hybridized carbons (Fsp3) is 0.588. The van der Waals surface area contributed by atoms with E-state index in [1.54, 1.807) is 0 Å². The first-order valence-electron chi connectivity index (χ1n) is 7.62. The minimum Gasteiger partial charge on any atom is -0.352 e. The summed E-state index contributed by atoms with van der Waals surface area (Å²) in [4.78, 5) is 14.0. The number of carbonyl (C=O) groups is 1. The van der Waals surface area contributed by atoms with Gasteiger partial charge in [0, 0.05) is 19.5 Å². The van der Waals surface area contributed by atoms with E-state index < -0.39 is 0 Å². The first-order valence-corrected chi connectivity index (χ1v) is 7.62. The summed E-state index contributed by atoms with van der Waals surface area (Å²) in [6.07, 6.45) is 0.597. The van der Waals surface area contributed by atoms with E-state index in [9.17, 15) is 4.79 Å². The van der Waals surface area contributed by atoms with Crippen molar-refractivity contribution < 1.29 is 4.79 Å². The third kappa shape index (κ3) is 6.20. The Bertz CT molecular complexity index is 394. The van der Waals surface area contributed by atoms with E-state index in [4.69, 9.17) is 0 Å². The highest BCUT2D eigenvalue weighted by molar-refractivity contribution is 5.76. The van der Waals surface area contributed by atoms with Gasteiger partial charge in [-0.15, -0.1) is 0 Å². The maximum absolute atomic E-state index is 11.6. The Hall–Kier alpha value is -1.35. The Labute approximate surface area is 123 Å². The number of hydrogen-bond donors (Lipinski definition) is 1. The van der Waals surface area contributed by atoms with Crippen LogP contribution >= 0.6 is 0 Å². The molecule has 0 radical (unpaired) electrons. The van der Waals surface area contributed by atoms with E-state index in [1.165, 1.54) is 5.56 Å². The summed E-state index contributed by atoms with van der Waals surface area (Å²) >= 11 is 0. The number of hydrogen-bond acceptors (Lipinski definition) is 2. The summed E-state index contributed by atoms with van der Waals surface area (Å²) in [5, 5.41) is 2.96. The van der Waals surface area contributed by atoms with Gasteiger partial charge in [-0.3, -0.25) is 9.69 Å². The van der Waals surface area contributed by atoms with Crippen molar-refractivity contribution in [3.05, 3.63) is 35.4 Å². The molecule has 0 aliphatic carbocycles. The molecular formula is C17H28N2O. The van der Waals surface area contributed by atoms with Gasteiger partial charge in [0.25, 0.3) is 0 Å². The van der Waals surface area contributed by atoms with Gasteiger partial charge in [-0.05, 0) is 30.1 Å². The largest absolute Gasteiger partial charge is 0.352 e. The molecule has 20 heavy (non-hydrogen) atoms. The number of nitrogens with one attached hydrogen (secondary N) is 1. The molecule has 0 saturated carbocycles. The van der Waals surface area contributed by atoms with Crippen molar-refractivity contribution in [2.45, 2.75) is 47.2 Å². The molecule has 0 unspecified atom stereocenters. The van der Waals surface area contributed by atoms with Crippen molar-refractivity contribution in [2.75, 3.05) is 13.1 Å². The van der Waals surface area contributed by atoms with Crippen LogP contribution in [-0.2, 0) is 17.9 Å². The normalized spacial score (nSPS) is 11.1. The van der Waals surface area contributed by atoms with Gasteiger partial charge in [-0.25, -0.2) is 0 Å². The zero-order valence-corrected chi connectivity index (χ0v) is 13.3. The van der Waals surface area contributed by atoms with Crippen LogP contribution in [0.25, 0.3) is 0 Å². The van der Waals surface area contributed by atoms with Crippen LogP contribution in [0.2, 0.25) is 0 Å². The number of rotatable bonds is 8. The van der Waals surface area contributed by atoms with Gasteiger partial charge in [0.05, 0.1) is 0 Å². The van der Waals surface area contributed by atoms with E-state index in [1.807, 2.05) is 0 Å². The van der Waals surface area contributed by atoms with Crippen molar-refractivity contribution in [1.29, 1.82) is 0 Å². The van der Waals surface area contributed by atoms with Gasteiger partial charge < -0.3 is 5.32 Å². The summed E-state index contributed by atoms with van der Waals surface area (Å²) in [5.41, 5.74) is 2.48. The second-order valence-electron chi connectivity index (χ2n) is 5.65. The molecule has 3 nitrogen and oxygen atoms in total. The Morgan fingerprint density at radius 2 is 1.65 bits per heavy atom. The summed E-state index contributed by atoms with van der Waals surface area (Å²) in [7, 11) is 0. The minimum absolute atomic E-state index is 0.132. The molecule has 1 N–H and O–H groups in total. The number of nitrogens with zero attached hydrogens (tertiary/aromatic N) is 1. The Morgan fingerprint density at radius 3 is 2.15 bits per heavy atom. The maximum Gasteiger partial charge on any atom is 0.220 e. The van der Waals surface area contributed by atoms with Crippen molar-refractivity contribution in [1.82, 2.24) is 10.2 Å². The fourth-order valence-electron chi connectivity index (χ4n) is 2.11. The number of benzene rings is 1. The van der Waals surface area contributed by atoms with Crippen molar-refractivity contribution in [2.24, 2.45) is 5.92 Å². The van der Waals surface area contributed by atoms with Gasteiger partial charge in [0.1, 0.15) is 0 Å². The molecule has 3 heteroatoms. The van der Waals surface area contributed by atoms with E-state index in [2.05, 4.69) is 62.2 Å². The molecule has 0 spiro atoms. The Morgan fingerprint density at radius 1 is 1.10 bits per heavy atom. The lowest BCUT2D eigenvalue weighted by molar-refractivity contribution is -0.121. The van der Waals surface area contributed by atoms with Gasteiger partial charge in [0.15, 0.2) is 0 Å². The molecule has 0 fully saturated rings. The summed E-state index contributed by atoms with van der Waals surface area (Å²) < 4.78 is 0. The zero-order chi connectivity index (χ0) is 15.0. The molecular weight excluding hydrogens is 248 g/mol. The zero-order valence-electron chi connectivity index (χ0n) is 13.3. The average Bonchev–Trinajstić information content (AvgIpc) is 2.43. The molecule has 112 valence electrons. The number of carbonyl (C=O) groups excluding carboxylic acids is 1. The van der Waals surface area contributed by atoms with E-state index in [0.717, 1.165) is 25.2 Å². The lowest BCUT2D eigenvalue weighted by atomic mass is 10.1. The standard InChI is InChI=1S/C17H28N2O/c1-5-19(6-2)13-16-9-7-15(8-10-16)12-18-17(20)11-14(3)4/h7-10,14H,5-6,11-13H2,1-4H3,(H,18,20). The topological polar surface area (TPSA) is 32.3 Å². The molecule has 1 aromatic rings. The molecule has 0 saturated heterocycles. The molecule has 0 heterocycles. The van der Waals surface area contributed by atoms with Crippen molar-refractivity contribution in [3.8, 4) is 0 Å². The number of amides is 1.